The fourth-order valence-electron chi connectivity index (χ4n) is 1.32. The number of nitrogens with zero attached hydrogens (tertiary/aromatic N) is 1. The average molecular weight is 311 g/mol. The Hall–Kier alpha value is -2.19. The summed E-state index contributed by atoms with van der Waals surface area (Å²) in [6, 6.07) is 6.96. The number of ether oxygens (including phenoxy) is 2. The monoisotopic (exact) mass is 311 g/mol. The molecule has 0 radical (unpaired) electrons. The molecular formula is C13H17N3O4S. The first-order chi connectivity index (χ1) is 10.1. The minimum absolute atomic E-state index is 0.368. The highest BCUT2D eigenvalue weighted by Gasteiger charge is 2.03. The van der Waals surface area contributed by atoms with E-state index in [1.54, 1.807) is 31.4 Å². The second-order valence-electron chi connectivity index (χ2n) is 3.84. The predicted octanol–water partition coefficient (Wildman–Crippen LogP) is 0.594. The van der Waals surface area contributed by atoms with E-state index >= 15 is 0 Å². The zero-order valence-electron chi connectivity index (χ0n) is 11.5. The van der Waals surface area contributed by atoms with Crippen LogP contribution in [0.25, 0.3) is 0 Å². The Morgan fingerprint density at radius 3 is 2.95 bits per heavy atom. The number of nitrogens with one attached hydrogen (secondary N) is 2. The number of thiocarbonyl (C=S) groups is 1. The lowest BCUT2D eigenvalue weighted by atomic mass is 10.2. The van der Waals surface area contributed by atoms with Crippen LogP contribution in [0.2, 0.25) is 0 Å². The van der Waals surface area contributed by atoms with Crippen molar-refractivity contribution in [1.82, 2.24) is 10.7 Å². The largest absolute Gasteiger partial charge is 0.481 e. The summed E-state index contributed by atoms with van der Waals surface area (Å²) in [6.07, 6.45) is 1.50. The first-order valence-corrected chi connectivity index (χ1v) is 6.53. The topological polar surface area (TPSA) is 92.2 Å². The summed E-state index contributed by atoms with van der Waals surface area (Å²) in [4.78, 5) is 10.5. The third-order valence-corrected chi connectivity index (χ3v) is 2.47. The van der Waals surface area contributed by atoms with Crippen molar-refractivity contribution in [1.29, 1.82) is 0 Å². The van der Waals surface area contributed by atoms with E-state index in [1.807, 2.05) is 0 Å². The Morgan fingerprint density at radius 1 is 1.48 bits per heavy atom. The number of hydrogen-bond acceptors (Lipinski definition) is 5. The third-order valence-electron chi connectivity index (χ3n) is 2.23. The van der Waals surface area contributed by atoms with Gasteiger partial charge in [-0.1, -0.05) is 12.1 Å². The molecule has 0 unspecified atom stereocenters. The summed E-state index contributed by atoms with van der Waals surface area (Å²) in [5.41, 5.74) is 3.29. The van der Waals surface area contributed by atoms with Gasteiger partial charge in [0.15, 0.2) is 11.7 Å². The van der Waals surface area contributed by atoms with E-state index < -0.39 is 12.6 Å². The van der Waals surface area contributed by atoms with Crippen molar-refractivity contribution >= 4 is 29.5 Å². The van der Waals surface area contributed by atoms with E-state index in [-0.39, 0.29) is 0 Å². The lowest BCUT2D eigenvalue weighted by Gasteiger charge is -2.07. The molecule has 0 bridgehead atoms. The molecule has 0 fully saturated rings. The molecule has 0 aliphatic rings. The maximum Gasteiger partial charge on any atom is 0.341 e. The van der Waals surface area contributed by atoms with Crippen molar-refractivity contribution in [2.24, 2.45) is 5.10 Å². The van der Waals surface area contributed by atoms with Crippen LogP contribution in [0.15, 0.2) is 29.4 Å². The van der Waals surface area contributed by atoms with Crippen LogP contribution < -0.4 is 15.5 Å². The molecule has 0 saturated carbocycles. The Morgan fingerprint density at radius 2 is 2.24 bits per heavy atom. The molecule has 114 valence electrons. The quantitative estimate of drug-likeness (QED) is 0.280. The standard InChI is InChI=1S/C13H17N3O4S/c1-19-7-6-14-13(21)16-15-8-10-4-2-3-5-11(10)20-9-12(17)18/h2-5,8H,6-7,9H2,1H3,(H,17,18)(H2,14,16,21)/b15-8-. The summed E-state index contributed by atoms with van der Waals surface area (Å²) < 4.78 is 10.0. The van der Waals surface area contributed by atoms with Gasteiger partial charge in [0.05, 0.1) is 12.8 Å². The minimum Gasteiger partial charge on any atom is -0.481 e. The molecule has 0 spiro atoms. The Kier molecular flexibility index (Phi) is 7.77. The summed E-state index contributed by atoms with van der Waals surface area (Å²) in [7, 11) is 1.60. The molecule has 1 aromatic carbocycles. The third kappa shape index (κ3) is 7.23. The van der Waals surface area contributed by atoms with Gasteiger partial charge in [0.25, 0.3) is 0 Å². The van der Waals surface area contributed by atoms with Crippen LogP contribution >= 0.6 is 12.2 Å². The number of hydrazone groups is 1. The van der Waals surface area contributed by atoms with Gasteiger partial charge >= 0.3 is 5.97 Å². The first-order valence-electron chi connectivity index (χ1n) is 6.13. The first kappa shape index (κ1) is 16.9. The summed E-state index contributed by atoms with van der Waals surface area (Å²) in [6.45, 7) is 0.711. The van der Waals surface area contributed by atoms with Gasteiger partial charge in [0, 0.05) is 19.2 Å². The molecular weight excluding hydrogens is 294 g/mol. The molecule has 0 heterocycles. The number of methoxy groups -OCH3 is 1. The van der Waals surface area contributed by atoms with E-state index in [0.717, 1.165) is 0 Å². The fraction of sp³-hybridized carbons (Fsp3) is 0.308. The zero-order chi connectivity index (χ0) is 15.5. The number of para-hydroxylation sites is 1. The van der Waals surface area contributed by atoms with E-state index in [1.165, 1.54) is 6.21 Å². The maximum absolute atomic E-state index is 10.5. The molecule has 8 heteroatoms. The van der Waals surface area contributed by atoms with Gasteiger partial charge in [-0.3, -0.25) is 5.43 Å². The highest BCUT2D eigenvalue weighted by Crippen LogP contribution is 2.15. The Balaban J connectivity index is 2.51. The normalized spacial score (nSPS) is 10.3. The lowest BCUT2D eigenvalue weighted by Crippen LogP contribution is -2.34. The molecule has 0 atom stereocenters. The molecule has 0 saturated heterocycles. The number of benzene rings is 1. The number of hydrogen-bond donors (Lipinski definition) is 3. The average Bonchev–Trinajstić information content (AvgIpc) is 2.46. The van der Waals surface area contributed by atoms with Gasteiger partial charge < -0.3 is 19.9 Å². The van der Waals surface area contributed by atoms with Crippen molar-refractivity contribution in [2.45, 2.75) is 0 Å². The van der Waals surface area contributed by atoms with E-state index in [0.29, 0.717) is 29.6 Å². The van der Waals surface area contributed by atoms with Crippen molar-refractivity contribution in [3.63, 3.8) is 0 Å². The van der Waals surface area contributed by atoms with Crippen molar-refractivity contribution in [2.75, 3.05) is 26.9 Å². The van der Waals surface area contributed by atoms with Crippen molar-refractivity contribution in [3.05, 3.63) is 29.8 Å². The van der Waals surface area contributed by atoms with E-state index in [2.05, 4.69) is 15.8 Å². The second kappa shape index (κ2) is 9.67. The number of carbonyl (C=O) groups is 1. The molecule has 3 N–H and O–H groups in total. The number of carboxylic acid groups (broad SMARTS) is 1. The molecule has 21 heavy (non-hydrogen) atoms. The zero-order valence-corrected chi connectivity index (χ0v) is 12.4. The van der Waals surface area contributed by atoms with Crippen molar-refractivity contribution in [3.8, 4) is 5.75 Å². The number of rotatable bonds is 8. The summed E-state index contributed by atoms with van der Waals surface area (Å²) in [5, 5.41) is 15.8. The molecule has 0 aliphatic carbocycles. The Labute approximate surface area is 127 Å². The molecule has 0 aromatic heterocycles. The van der Waals surface area contributed by atoms with Gasteiger partial charge in [-0.15, -0.1) is 0 Å². The van der Waals surface area contributed by atoms with Gasteiger partial charge in [-0.2, -0.15) is 5.10 Å². The highest BCUT2D eigenvalue weighted by atomic mass is 32.1. The van der Waals surface area contributed by atoms with Gasteiger partial charge in [0.1, 0.15) is 5.75 Å². The van der Waals surface area contributed by atoms with E-state index in [9.17, 15) is 4.79 Å². The van der Waals surface area contributed by atoms with Crippen LogP contribution in [-0.2, 0) is 9.53 Å². The number of carboxylic acids is 1. The molecule has 7 nitrogen and oxygen atoms in total. The second-order valence-corrected chi connectivity index (χ2v) is 4.25. The predicted molar refractivity (Wildman–Crippen MR) is 82.8 cm³/mol. The maximum atomic E-state index is 10.5. The van der Waals surface area contributed by atoms with Crippen molar-refractivity contribution < 1.29 is 19.4 Å². The fourth-order valence-corrected chi connectivity index (χ4v) is 1.48. The van der Waals surface area contributed by atoms with Gasteiger partial charge in [0.2, 0.25) is 0 Å². The summed E-state index contributed by atoms with van der Waals surface area (Å²) in [5.74, 6) is -0.605. The van der Waals surface area contributed by atoms with E-state index in [4.69, 9.17) is 26.8 Å². The molecule has 0 amide bonds. The van der Waals surface area contributed by atoms with Crippen LogP contribution in [0.3, 0.4) is 0 Å². The van der Waals surface area contributed by atoms with Crippen LogP contribution in [0.4, 0.5) is 0 Å². The lowest BCUT2D eigenvalue weighted by molar-refractivity contribution is -0.139. The molecule has 1 rings (SSSR count). The molecule has 0 aliphatic heterocycles. The van der Waals surface area contributed by atoms with Gasteiger partial charge in [-0.25, -0.2) is 4.79 Å². The highest BCUT2D eigenvalue weighted by molar-refractivity contribution is 7.80. The minimum atomic E-state index is -1.04. The molecule has 1 aromatic rings. The smallest absolute Gasteiger partial charge is 0.341 e. The van der Waals surface area contributed by atoms with Crippen LogP contribution in [0, 0.1) is 0 Å². The Bertz CT molecular complexity index is 508. The summed E-state index contributed by atoms with van der Waals surface area (Å²) >= 11 is 5.00. The van der Waals surface area contributed by atoms with Crippen LogP contribution in [0.1, 0.15) is 5.56 Å². The number of aliphatic carboxylic acids is 1. The SMILES string of the molecule is COCCNC(=S)N/N=C\c1ccccc1OCC(=O)O. The van der Waals surface area contributed by atoms with Gasteiger partial charge in [-0.05, 0) is 24.4 Å². The van der Waals surface area contributed by atoms with Crippen LogP contribution in [0.5, 0.6) is 5.75 Å². The van der Waals surface area contributed by atoms with Crippen LogP contribution in [-0.4, -0.2) is 49.3 Å².